The number of nitriles is 1. The Bertz CT molecular complexity index is 384. The molecule has 0 aliphatic rings. The van der Waals surface area contributed by atoms with E-state index in [1.54, 1.807) is 31.2 Å². The number of carbonyl (C=O) groups is 1. The number of carbonyl (C=O) groups excluding carboxylic acids is 1. The molecule has 1 unspecified atom stereocenters. The molecule has 4 heteroatoms. The largest absolute Gasteiger partial charge is 0.336 e. The zero-order chi connectivity index (χ0) is 10.6. The van der Waals surface area contributed by atoms with Crippen LogP contribution < -0.4 is 5.32 Å². The standard InChI is InChI=1S/C10H9ClN2O/c1-7(6-12)13-10(14)8-4-2-3-5-9(8)11/h2-5,7H,1H3,(H,13,14). The molecule has 1 aromatic rings. The van der Waals surface area contributed by atoms with Crippen LogP contribution in [0, 0.1) is 11.3 Å². The quantitative estimate of drug-likeness (QED) is 0.808. The molecule has 0 radical (unpaired) electrons. The molecule has 3 nitrogen and oxygen atoms in total. The summed E-state index contributed by atoms with van der Waals surface area (Å²) in [5.74, 6) is -0.329. The lowest BCUT2D eigenvalue weighted by molar-refractivity contribution is 0.0948. The summed E-state index contributed by atoms with van der Waals surface area (Å²) in [5, 5.41) is 11.4. The Hall–Kier alpha value is -1.53. The van der Waals surface area contributed by atoms with Gasteiger partial charge < -0.3 is 5.32 Å². The first kappa shape index (κ1) is 10.6. The summed E-state index contributed by atoms with van der Waals surface area (Å²) in [6, 6.07) is 8.10. The van der Waals surface area contributed by atoms with Crippen LogP contribution in [0.3, 0.4) is 0 Å². The summed E-state index contributed by atoms with van der Waals surface area (Å²) in [4.78, 5) is 11.5. The van der Waals surface area contributed by atoms with E-state index in [2.05, 4.69) is 5.32 Å². The van der Waals surface area contributed by atoms with E-state index in [4.69, 9.17) is 16.9 Å². The fourth-order valence-corrected chi connectivity index (χ4v) is 1.17. The molecule has 1 rings (SSSR count). The normalized spacial score (nSPS) is 11.5. The average Bonchev–Trinajstić information content (AvgIpc) is 2.18. The van der Waals surface area contributed by atoms with Gasteiger partial charge in [0.1, 0.15) is 6.04 Å². The third-order valence-electron chi connectivity index (χ3n) is 1.66. The zero-order valence-corrected chi connectivity index (χ0v) is 8.38. The van der Waals surface area contributed by atoms with E-state index in [0.29, 0.717) is 10.6 Å². The number of rotatable bonds is 2. The lowest BCUT2D eigenvalue weighted by atomic mass is 10.2. The number of halogens is 1. The van der Waals surface area contributed by atoms with Gasteiger partial charge in [0.25, 0.3) is 5.91 Å². The molecule has 0 fully saturated rings. The third-order valence-corrected chi connectivity index (χ3v) is 1.99. The second kappa shape index (κ2) is 4.64. The topological polar surface area (TPSA) is 52.9 Å². The van der Waals surface area contributed by atoms with E-state index in [-0.39, 0.29) is 5.91 Å². The molecular formula is C10H9ClN2O. The summed E-state index contributed by atoms with van der Waals surface area (Å²) in [7, 11) is 0. The van der Waals surface area contributed by atoms with Crippen molar-refractivity contribution in [3.63, 3.8) is 0 Å². The number of hydrogen-bond donors (Lipinski definition) is 1. The van der Waals surface area contributed by atoms with Crippen molar-refractivity contribution in [3.8, 4) is 6.07 Å². The summed E-state index contributed by atoms with van der Waals surface area (Å²) in [6.45, 7) is 1.61. The van der Waals surface area contributed by atoms with Crippen molar-refractivity contribution >= 4 is 17.5 Å². The first-order valence-corrected chi connectivity index (χ1v) is 4.48. The van der Waals surface area contributed by atoms with E-state index in [0.717, 1.165) is 0 Å². The number of nitrogens with zero attached hydrogens (tertiary/aromatic N) is 1. The van der Waals surface area contributed by atoms with Gasteiger partial charge in [-0.15, -0.1) is 0 Å². The lowest BCUT2D eigenvalue weighted by Crippen LogP contribution is -2.31. The minimum atomic E-state index is -0.515. The van der Waals surface area contributed by atoms with Gasteiger partial charge in [0, 0.05) is 0 Å². The molecule has 1 aromatic carbocycles. The molecule has 0 saturated carbocycles. The van der Waals surface area contributed by atoms with Crippen molar-refractivity contribution in [2.75, 3.05) is 0 Å². The van der Waals surface area contributed by atoms with Crippen LogP contribution in [0.5, 0.6) is 0 Å². The number of nitrogens with one attached hydrogen (secondary N) is 1. The molecule has 14 heavy (non-hydrogen) atoms. The molecule has 1 atom stereocenters. The van der Waals surface area contributed by atoms with Gasteiger partial charge in [0.05, 0.1) is 16.7 Å². The molecule has 1 amide bonds. The average molecular weight is 209 g/mol. The van der Waals surface area contributed by atoms with Gasteiger partial charge in [-0.25, -0.2) is 0 Å². The fourth-order valence-electron chi connectivity index (χ4n) is 0.952. The smallest absolute Gasteiger partial charge is 0.253 e. The predicted octanol–water partition coefficient (Wildman–Crippen LogP) is 1.98. The maximum absolute atomic E-state index is 11.5. The van der Waals surface area contributed by atoms with Crippen LogP contribution in [0.25, 0.3) is 0 Å². The van der Waals surface area contributed by atoms with E-state index in [1.807, 2.05) is 6.07 Å². The molecule has 0 aliphatic carbocycles. The number of benzene rings is 1. The highest BCUT2D eigenvalue weighted by atomic mass is 35.5. The summed E-state index contributed by atoms with van der Waals surface area (Å²) >= 11 is 5.80. The van der Waals surface area contributed by atoms with E-state index < -0.39 is 6.04 Å². The first-order chi connectivity index (χ1) is 6.65. The molecule has 0 heterocycles. The minimum absolute atomic E-state index is 0.329. The van der Waals surface area contributed by atoms with Crippen LogP contribution in [-0.2, 0) is 0 Å². The zero-order valence-electron chi connectivity index (χ0n) is 7.62. The van der Waals surface area contributed by atoms with Crippen molar-refractivity contribution in [2.45, 2.75) is 13.0 Å². The van der Waals surface area contributed by atoms with Crippen molar-refractivity contribution in [1.82, 2.24) is 5.32 Å². The van der Waals surface area contributed by atoms with E-state index in [1.165, 1.54) is 0 Å². The number of hydrogen-bond acceptors (Lipinski definition) is 2. The summed E-state index contributed by atoms with van der Waals surface area (Å²) in [6.07, 6.45) is 0. The van der Waals surface area contributed by atoms with E-state index >= 15 is 0 Å². The van der Waals surface area contributed by atoms with Gasteiger partial charge in [-0.2, -0.15) is 5.26 Å². The van der Waals surface area contributed by atoms with Crippen LogP contribution in [0.2, 0.25) is 5.02 Å². The molecule has 0 spiro atoms. The predicted molar refractivity (Wildman–Crippen MR) is 54.0 cm³/mol. The Labute approximate surface area is 87.3 Å². The van der Waals surface area contributed by atoms with Gasteiger partial charge in [0.15, 0.2) is 0 Å². The Kier molecular flexibility index (Phi) is 3.49. The van der Waals surface area contributed by atoms with E-state index in [9.17, 15) is 4.79 Å². The van der Waals surface area contributed by atoms with Gasteiger partial charge in [-0.3, -0.25) is 4.79 Å². The van der Waals surface area contributed by atoms with Gasteiger partial charge in [-0.1, -0.05) is 23.7 Å². The molecule has 0 aliphatic heterocycles. The van der Waals surface area contributed by atoms with Crippen LogP contribution in [0.15, 0.2) is 24.3 Å². The molecule has 0 saturated heterocycles. The highest BCUT2D eigenvalue weighted by molar-refractivity contribution is 6.33. The maximum atomic E-state index is 11.5. The fraction of sp³-hybridized carbons (Fsp3) is 0.200. The van der Waals surface area contributed by atoms with Gasteiger partial charge >= 0.3 is 0 Å². The molecule has 1 N–H and O–H groups in total. The van der Waals surface area contributed by atoms with Crippen molar-refractivity contribution in [1.29, 1.82) is 5.26 Å². The van der Waals surface area contributed by atoms with Gasteiger partial charge in [-0.05, 0) is 19.1 Å². The Balaban J connectivity index is 2.81. The first-order valence-electron chi connectivity index (χ1n) is 4.10. The summed E-state index contributed by atoms with van der Waals surface area (Å²) in [5.41, 5.74) is 0.385. The van der Waals surface area contributed by atoms with Crippen LogP contribution in [0.4, 0.5) is 0 Å². The molecule has 72 valence electrons. The second-order valence-corrected chi connectivity index (χ2v) is 3.21. The SMILES string of the molecule is CC(C#N)NC(=O)c1ccccc1Cl. The molecular weight excluding hydrogens is 200 g/mol. The highest BCUT2D eigenvalue weighted by Gasteiger charge is 2.11. The van der Waals surface area contributed by atoms with Crippen molar-refractivity contribution < 1.29 is 4.79 Å². The van der Waals surface area contributed by atoms with Crippen molar-refractivity contribution in [3.05, 3.63) is 34.9 Å². The Morgan fingerprint density at radius 2 is 2.21 bits per heavy atom. The Morgan fingerprint density at radius 1 is 1.57 bits per heavy atom. The third kappa shape index (κ3) is 2.48. The van der Waals surface area contributed by atoms with Crippen LogP contribution in [-0.4, -0.2) is 11.9 Å². The summed E-state index contributed by atoms with van der Waals surface area (Å²) < 4.78 is 0. The van der Waals surface area contributed by atoms with Crippen LogP contribution in [0.1, 0.15) is 17.3 Å². The van der Waals surface area contributed by atoms with Gasteiger partial charge in [0.2, 0.25) is 0 Å². The highest BCUT2D eigenvalue weighted by Crippen LogP contribution is 2.14. The maximum Gasteiger partial charge on any atom is 0.253 e. The monoisotopic (exact) mass is 208 g/mol. The molecule has 0 aromatic heterocycles. The minimum Gasteiger partial charge on any atom is -0.336 e. The molecule has 0 bridgehead atoms. The Morgan fingerprint density at radius 3 is 2.79 bits per heavy atom. The number of amides is 1. The van der Waals surface area contributed by atoms with Crippen molar-refractivity contribution in [2.24, 2.45) is 0 Å². The second-order valence-electron chi connectivity index (χ2n) is 2.80. The lowest BCUT2D eigenvalue weighted by Gasteiger charge is -2.07. The van der Waals surface area contributed by atoms with Crippen LogP contribution >= 0.6 is 11.6 Å².